The molecule has 2 aromatic rings. The standard InChI is InChI=1S/C20H22O2/c21-18-10-6-16(7-11-18)20(17-8-12-19(22)13-9-17)14-2-1-3-15(20)5-4-14/h6-15,21-22H,1-5H2. The third kappa shape index (κ3) is 1.86. The lowest BCUT2D eigenvalue weighted by molar-refractivity contribution is 0.215. The zero-order valence-electron chi connectivity index (χ0n) is 12.7. The Morgan fingerprint density at radius 3 is 1.45 bits per heavy atom. The second-order valence-electron chi connectivity index (χ2n) is 6.86. The van der Waals surface area contributed by atoms with Crippen LogP contribution >= 0.6 is 0 Å². The van der Waals surface area contributed by atoms with Crippen molar-refractivity contribution in [2.45, 2.75) is 37.5 Å². The molecule has 2 aliphatic rings. The predicted molar refractivity (Wildman–Crippen MR) is 87.1 cm³/mol. The molecule has 22 heavy (non-hydrogen) atoms. The van der Waals surface area contributed by atoms with Crippen LogP contribution in [0.25, 0.3) is 0 Å². The Bertz CT molecular complexity index is 594. The van der Waals surface area contributed by atoms with Gasteiger partial charge in [-0.1, -0.05) is 30.7 Å². The molecule has 2 atom stereocenters. The van der Waals surface area contributed by atoms with Crippen LogP contribution in [-0.4, -0.2) is 10.2 Å². The maximum absolute atomic E-state index is 9.66. The first-order chi connectivity index (χ1) is 10.7. The predicted octanol–water partition coefficient (Wildman–Crippen LogP) is 4.59. The molecule has 0 amide bonds. The van der Waals surface area contributed by atoms with E-state index in [0.29, 0.717) is 23.3 Å². The van der Waals surface area contributed by atoms with Gasteiger partial charge in [0.15, 0.2) is 0 Å². The maximum Gasteiger partial charge on any atom is 0.115 e. The van der Waals surface area contributed by atoms with Gasteiger partial charge in [-0.25, -0.2) is 0 Å². The van der Waals surface area contributed by atoms with Gasteiger partial charge in [-0.05, 0) is 72.9 Å². The first kappa shape index (κ1) is 13.7. The molecular weight excluding hydrogens is 272 g/mol. The lowest BCUT2D eigenvalue weighted by atomic mass is 9.58. The molecule has 2 N–H and O–H groups in total. The second kappa shape index (κ2) is 5.05. The molecule has 114 valence electrons. The Kier molecular flexibility index (Phi) is 3.14. The molecule has 0 radical (unpaired) electrons. The molecule has 0 heterocycles. The molecule has 0 saturated heterocycles. The summed E-state index contributed by atoms with van der Waals surface area (Å²) in [5.74, 6) is 1.99. The van der Waals surface area contributed by atoms with E-state index in [1.54, 1.807) is 0 Å². The largest absolute Gasteiger partial charge is 0.508 e. The molecule has 2 nitrogen and oxygen atoms in total. The summed E-state index contributed by atoms with van der Waals surface area (Å²) < 4.78 is 0. The van der Waals surface area contributed by atoms with Gasteiger partial charge in [0.25, 0.3) is 0 Å². The van der Waals surface area contributed by atoms with E-state index >= 15 is 0 Å². The first-order valence-electron chi connectivity index (χ1n) is 8.30. The smallest absolute Gasteiger partial charge is 0.115 e. The summed E-state index contributed by atoms with van der Waals surface area (Å²) in [5, 5.41) is 19.3. The van der Waals surface area contributed by atoms with Crippen LogP contribution in [0.15, 0.2) is 48.5 Å². The summed E-state index contributed by atoms with van der Waals surface area (Å²) in [6.07, 6.45) is 6.45. The van der Waals surface area contributed by atoms with E-state index in [9.17, 15) is 10.2 Å². The quantitative estimate of drug-likeness (QED) is 0.850. The number of hydrogen-bond donors (Lipinski definition) is 2. The van der Waals surface area contributed by atoms with Crippen LogP contribution in [0, 0.1) is 11.8 Å². The number of phenols is 2. The van der Waals surface area contributed by atoms with Crippen molar-refractivity contribution in [3.8, 4) is 11.5 Å². The SMILES string of the molecule is Oc1ccc(C2(c3ccc(O)cc3)C3CCCC2CC3)cc1. The number of phenolic OH excluding ortho intramolecular Hbond substituents is 2. The highest BCUT2D eigenvalue weighted by molar-refractivity contribution is 5.46. The molecule has 0 spiro atoms. The summed E-state index contributed by atoms with van der Waals surface area (Å²) in [5.41, 5.74) is 2.70. The van der Waals surface area contributed by atoms with E-state index in [-0.39, 0.29) is 5.41 Å². The minimum Gasteiger partial charge on any atom is -0.508 e. The normalized spacial score (nSPS) is 26.0. The maximum atomic E-state index is 9.66. The Hall–Kier alpha value is -1.96. The molecule has 2 saturated carbocycles. The van der Waals surface area contributed by atoms with Crippen molar-refractivity contribution in [3.05, 3.63) is 59.7 Å². The zero-order valence-corrected chi connectivity index (χ0v) is 12.7. The van der Waals surface area contributed by atoms with Crippen LogP contribution in [0.3, 0.4) is 0 Å². The Morgan fingerprint density at radius 2 is 1.05 bits per heavy atom. The molecular formula is C20H22O2. The summed E-state index contributed by atoms with van der Waals surface area (Å²) in [4.78, 5) is 0. The average Bonchev–Trinajstić information content (AvgIpc) is 2.72. The third-order valence-electron chi connectivity index (χ3n) is 5.95. The van der Waals surface area contributed by atoms with Gasteiger partial charge in [-0.3, -0.25) is 0 Å². The van der Waals surface area contributed by atoms with Gasteiger partial charge in [0.05, 0.1) is 0 Å². The average molecular weight is 294 g/mol. The topological polar surface area (TPSA) is 40.5 Å². The fourth-order valence-corrected chi connectivity index (χ4v) is 5.13. The highest BCUT2D eigenvalue weighted by atomic mass is 16.3. The molecule has 2 heteroatoms. The number of aromatic hydroxyl groups is 2. The zero-order chi connectivity index (χ0) is 15.2. The van der Waals surface area contributed by atoms with Gasteiger partial charge < -0.3 is 10.2 Å². The Morgan fingerprint density at radius 1 is 0.636 bits per heavy atom. The first-order valence-corrected chi connectivity index (χ1v) is 8.30. The fourth-order valence-electron chi connectivity index (χ4n) is 5.13. The molecule has 0 aromatic heterocycles. The van der Waals surface area contributed by atoms with Gasteiger partial charge in [0.1, 0.15) is 11.5 Å². The number of hydrogen-bond acceptors (Lipinski definition) is 2. The van der Waals surface area contributed by atoms with Crippen LogP contribution in [-0.2, 0) is 5.41 Å². The minimum absolute atomic E-state index is 0.0552. The lowest BCUT2D eigenvalue weighted by Gasteiger charge is -2.45. The van der Waals surface area contributed by atoms with Crippen molar-refractivity contribution in [1.29, 1.82) is 0 Å². The van der Waals surface area contributed by atoms with Crippen molar-refractivity contribution in [1.82, 2.24) is 0 Å². The molecule has 2 bridgehead atoms. The van der Waals surface area contributed by atoms with Crippen LogP contribution in [0.5, 0.6) is 11.5 Å². The van der Waals surface area contributed by atoms with Crippen LogP contribution in [0.1, 0.15) is 43.2 Å². The summed E-state index contributed by atoms with van der Waals surface area (Å²) in [6.45, 7) is 0. The Labute approximate surface area is 131 Å². The van der Waals surface area contributed by atoms with E-state index < -0.39 is 0 Å². The summed E-state index contributed by atoms with van der Waals surface area (Å²) in [6, 6.07) is 15.6. The van der Waals surface area contributed by atoms with Gasteiger partial charge in [-0.15, -0.1) is 0 Å². The van der Waals surface area contributed by atoms with Crippen molar-refractivity contribution < 1.29 is 10.2 Å². The number of benzene rings is 2. The van der Waals surface area contributed by atoms with Gasteiger partial charge in [0.2, 0.25) is 0 Å². The van der Waals surface area contributed by atoms with Gasteiger partial charge in [-0.2, -0.15) is 0 Å². The van der Waals surface area contributed by atoms with Gasteiger partial charge in [0, 0.05) is 5.41 Å². The number of fused-ring (bicyclic) bond motifs is 2. The van der Waals surface area contributed by atoms with Crippen molar-refractivity contribution in [2.24, 2.45) is 11.8 Å². The number of rotatable bonds is 2. The third-order valence-corrected chi connectivity index (χ3v) is 5.95. The second-order valence-corrected chi connectivity index (χ2v) is 6.86. The van der Waals surface area contributed by atoms with E-state index in [2.05, 4.69) is 24.3 Å². The fraction of sp³-hybridized carbons (Fsp3) is 0.400. The summed E-state index contributed by atoms with van der Waals surface area (Å²) >= 11 is 0. The molecule has 4 rings (SSSR count). The lowest BCUT2D eigenvalue weighted by Crippen LogP contribution is -2.41. The van der Waals surface area contributed by atoms with E-state index in [4.69, 9.17) is 0 Å². The molecule has 2 unspecified atom stereocenters. The van der Waals surface area contributed by atoms with E-state index in [0.717, 1.165) is 0 Å². The summed E-state index contributed by atoms with van der Waals surface area (Å²) in [7, 11) is 0. The van der Waals surface area contributed by atoms with Crippen LogP contribution < -0.4 is 0 Å². The minimum atomic E-state index is 0.0552. The van der Waals surface area contributed by atoms with Crippen LogP contribution in [0.4, 0.5) is 0 Å². The highest BCUT2D eigenvalue weighted by Gasteiger charge is 2.53. The van der Waals surface area contributed by atoms with Crippen molar-refractivity contribution in [2.75, 3.05) is 0 Å². The van der Waals surface area contributed by atoms with Crippen LogP contribution in [0.2, 0.25) is 0 Å². The Balaban J connectivity index is 1.92. The van der Waals surface area contributed by atoms with Crippen molar-refractivity contribution >= 4 is 0 Å². The monoisotopic (exact) mass is 294 g/mol. The molecule has 2 aromatic carbocycles. The van der Waals surface area contributed by atoms with Crippen molar-refractivity contribution in [3.63, 3.8) is 0 Å². The molecule has 2 aliphatic carbocycles. The van der Waals surface area contributed by atoms with E-state index in [1.165, 1.54) is 43.2 Å². The molecule has 0 aliphatic heterocycles. The highest BCUT2D eigenvalue weighted by Crippen LogP contribution is 2.60. The van der Waals surface area contributed by atoms with E-state index in [1.807, 2.05) is 24.3 Å². The van der Waals surface area contributed by atoms with Gasteiger partial charge >= 0.3 is 0 Å². The molecule has 2 fully saturated rings.